The molecule has 2 rings (SSSR count). The number of pyridine rings is 1. The zero-order valence-corrected chi connectivity index (χ0v) is 8.55. The van der Waals surface area contributed by atoms with Crippen LogP contribution in [0.1, 0.15) is 25.3 Å². The van der Waals surface area contributed by atoms with Crippen LogP contribution in [0.2, 0.25) is 5.02 Å². The summed E-state index contributed by atoms with van der Waals surface area (Å²) in [5.74, 6) is 0.392. The Hall–Kier alpha value is -0.600. The molecule has 1 heterocycles. The van der Waals surface area contributed by atoms with E-state index in [4.69, 9.17) is 17.3 Å². The van der Waals surface area contributed by atoms with Gasteiger partial charge in [-0.05, 0) is 17.0 Å². The molecule has 0 radical (unpaired) electrons. The lowest BCUT2D eigenvalue weighted by Crippen LogP contribution is -2.06. The van der Waals surface area contributed by atoms with Crippen LogP contribution in [0.5, 0.6) is 0 Å². The van der Waals surface area contributed by atoms with Crippen molar-refractivity contribution in [3.05, 3.63) is 29.0 Å². The van der Waals surface area contributed by atoms with E-state index in [0.29, 0.717) is 5.92 Å². The largest absolute Gasteiger partial charge is 0.327 e. The third-order valence-corrected chi connectivity index (χ3v) is 3.37. The summed E-state index contributed by atoms with van der Waals surface area (Å²) >= 11 is 6.03. The topological polar surface area (TPSA) is 38.9 Å². The summed E-state index contributed by atoms with van der Waals surface area (Å²) in [6, 6.07) is 2.19. The summed E-state index contributed by atoms with van der Waals surface area (Å²) in [4.78, 5) is 3.96. The Morgan fingerprint density at radius 2 is 2.15 bits per heavy atom. The molecule has 70 valence electrons. The van der Waals surface area contributed by atoms with E-state index in [0.717, 1.165) is 10.6 Å². The van der Waals surface area contributed by atoms with Gasteiger partial charge >= 0.3 is 0 Å². The average Bonchev–Trinajstić information content (AvgIpc) is 2.54. The van der Waals surface area contributed by atoms with E-state index in [1.165, 1.54) is 0 Å². The van der Waals surface area contributed by atoms with E-state index in [1.807, 2.05) is 6.07 Å². The van der Waals surface area contributed by atoms with Crippen LogP contribution < -0.4 is 5.73 Å². The zero-order valence-electron chi connectivity index (χ0n) is 7.79. The first-order valence-electron chi connectivity index (χ1n) is 4.40. The van der Waals surface area contributed by atoms with Gasteiger partial charge in [0.05, 0.1) is 5.02 Å². The summed E-state index contributed by atoms with van der Waals surface area (Å²) in [6.07, 6.45) is 3.44. The van der Waals surface area contributed by atoms with E-state index in [-0.39, 0.29) is 11.5 Å². The van der Waals surface area contributed by atoms with E-state index in [2.05, 4.69) is 18.8 Å². The van der Waals surface area contributed by atoms with Crippen LogP contribution in [0.3, 0.4) is 0 Å². The molecule has 3 heteroatoms. The number of hydrogen-bond donors (Lipinski definition) is 1. The summed E-state index contributed by atoms with van der Waals surface area (Å²) in [5, 5.41) is 0.730. The molecule has 1 aromatic rings. The summed E-state index contributed by atoms with van der Waals surface area (Å²) in [7, 11) is 0. The van der Waals surface area contributed by atoms with Crippen molar-refractivity contribution >= 4 is 11.6 Å². The number of hydrogen-bond acceptors (Lipinski definition) is 2. The van der Waals surface area contributed by atoms with Gasteiger partial charge in [-0.3, -0.25) is 4.98 Å². The Morgan fingerprint density at radius 1 is 1.54 bits per heavy atom. The second kappa shape index (κ2) is 2.69. The van der Waals surface area contributed by atoms with E-state index >= 15 is 0 Å². The number of nitrogens with two attached hydrogens (primary N) is 1. The molecule has 1 aliphatic carbocycles. The molecule has 2 N–H and O–H groups in total. The first-order valence-corrected chi connectivity index (χ1v) is 4.78. The highest BCUT2D eigenvalue weighted by Crippen LogP contribution is 2.58. The fraction of sp³-hybridized carbons (Fsp3) is 0.500. The van der Waals surface area contributed by atoms with Gasteiger partial charge in [-0.15, -0.1) is 0 Å². The van der Waals surface area contributed by atoms with E-state index < -0.39 is 0 Å². The molecule has 2 unspecified atom stereocenters. The minimum absolute atomic E-state index is 0.186. The van der Waals surface area contributed by atoms with Crippen LogP contribution in [-0.4, -0.2) is 11.0 Å². The Kier molecular flexibility index (Phi) is 1.86. The van der Waals surface area contributed by atoms with Crippen LogP contribution in [0.15, 0.2) is 18.5 Å². The summed E-state index contributed by atoms with van der Waals surface area (Å²) in [5.41, 5.74) is 7.29. The maximum Gasteiger partial charge on any atom is 0.0624 e. The fourth-order valence-electron chi connectivity index (χ4n) is 1.91. The van der Waals surface area contributed by atoms with Crippen LogP contribution in [0, 0.1) is 5.41 Å². The van der Waals surface area contributed by atoms with Gasteiger partial charge in [0.15, 0.2) is 0 Å². The first-order chi connectivity index (χ1) is 6.05. The second-order valence-electron chi connectivity index (χ2n) is 4.22. The second-order valence-corrected chi connectivity index (χ2v) is 4.63. The van der Waals surface area contributed by atoms with Crippen LogP contribution in [0.4, 0.5) is 0 Å². The van der Waals surface area contributed by atoms with Crippen molar-refractivity contribution in [3.63, 3.8) is 0 Å². The molecule has 1 saturated carbocycles. The minimum atomic E-state index is 0.186. The standard InChI is InChI=1S/C10H13ClN2/c1-10(2)8(9(10)12)6-3-4-13-5-7(6)11/h3-5,8-9H,12H2,1-2H3. The molecule has 1 aliphatic rings. The lowest BCUT2D eigenvalue weighted by atomic mass is 10.0. The minimum Gasteiger partial charge on any atom is -0.327 e. The van der Waals surface area contributed by atoms with Crippen molar-refractivity contribution in [1.82, 2.24) is 4.98 Å². The van der Waals surface area contributed by atoms with Gasteiger partial charge in [-0.25, -0.2) is 0 Å². The maximum absolute atomic E-state index is 6.03. The van der Waals surface area contributed by atoms with Gasteiger partial charge in [0.2, 0.25) is 0 Å². The predicted octanol–water partition coefficient (Wildman–Crippen LogP) is 2.19. The number of aromatic nitrogens is 1. The van der Waals surface area contributed by atoms with Crippen molar-refractivity contribution in [2.75, 3.05) is 0 Å². The third kappa shape index (κ3) is 1.25. The highest BCUT2D eigenvalue weighted by Gasteiger charge is 2.56. The molecule has 0 spiro atoms. The molecule has 0 bridgehead atoms. The van der Waals surface area contributed by atoms with Gasteiger partial charge in [0.1, 0.15) is 0 Å². The predicted molar refractivity (Wildman–Crippen MR) is 53.7 cm³/mol. The number of nitrogens with zero attached hydrogens (tertiary/aromatic N) is 1. The smallest absolute Gasteiger partial charge is 0.0624 e. The highest BCUT2D eigenvalue weighted by atomic mass is 35.5. The molecule has 2 nitrogen and oxygen atoms in total. The quantitative estimate of drug-likeness (QED) is 0.748. The summed E-state index contributed by atoms with van der Waals surface area (Å²) < 4.78 is 0. The molecule has 1 aromatic heterocycles. The van der Waals surface area contributed by atoms with Gasteiger partial charge in [0, 0.05) is 24.4 Å². The molecule has 2 atom stereocenters. The highest BCUT2D eigenvalue weighted by molar-refractivity contribution is 6.31. The van der Waals surface area contributed by atoms with Crippen LogP contribution in [0.25, 0.3) is 0 Å². The van der Waals surface area contributed by atoms with Crippen LogP contribution >= 0.6 is 11.6 Å². The Bertz CT molecular complexity index is 335. The normalized spacial score (nSPS) is 30.2. The van der Waals surface area contributed by atoms with Gasteiger partial charge in [-0.2, -0.15) is 0 Å². The first kappa shape index (κ1) is 8.97. The van der Waals surface area contributed by atoms with E-state index in [1.54, 1.807) is 12.4 Å². The molecule has 13 heavy (non-hydrogen) atoms. The Morgan fingerprint density at radius 3 is 2.62 bits per heavy atom. The molecule has 0 aromatic carbocycles. The van der Waals surface area contributed by atoms with Gasteiger partial charge in [-0.1, -0.05) is 25.4 Å². The molecule has 0 aliphatic heterocycles. The summed E-state index contributed by atoms with van der Waals surface area (Å²) in [6.45, 7) is 4.33. The van der Waals surface area contributed by atoms with Crippen molar-refractivity contribution in [1.29, 1.82) is 0 Å². The fourth-order valence-corrected chi connectivity index (χ4v) is 2.15. The molecule has 0 amide bonds. The van der Waals surface area contributed by atoms with Gasteiger partial charge < -0.3 is 5.73 Å². The molecule has 0 saturated heterocycles. The maximum atomic E-state index is 6.03. The number of halogens is 1. The monoisotopic (exact) mass is 196 g/mol. The molecular formula is C10H13ClN2. The third-order valence-electron chi connectivity index (χ3n) is 3.05. The average molecular weight is 197 g/mol. The van der Waals surface area contributed by atoms with Gasteiger partial charge in [0.25, 0.3) is 0 Å². The Labute approximate surface area is 83.1 Å². The zero-order chi connectivity index (χ0) is 9.64. The van der Waals surface area contributed by atoms with Crippen molar-refractivity contribution in [2.24, 2.45) is 11.1 Å². The van der Waals surface area contributed by atoms with Crippen molar-refractivity contribution < 1.29 is 0 Å². The lowest BCUT2D eigenvalue weighted by molar-refractivity contribution is 0.599. The molecule has 1 fully saturated rings. The molecular weight excluding hydrogens is 184 g/mol. The Balaban J connectivity index is 2.34. The lowest BCUT2D eigenvalue weighted by Gasteiger charge is -2.03. The van der Waals surface area contributed by atoms with Crippen molar-refractivity contribution in [2.45, 2.75) is 25.8 Å². The van der Waals surface area contributed by atoms with E-state index in [9.17, 15) is 0 Å². The SMILES string of the molecule is CC1(C)C(N)C1c1ccncc1Cl. The van der Waals surface area contributed by atoms with Crippen molar-refractivity contribution in [3.8, 4) is 0 Å². The van der Waals surface area contributed by atoms with Crippen LogP contribution in [-0.2, 0) is 0 Å². The number of rotatable bonds is 1.